The van der Waals surface area contributed by atoms with Crippen molar-refractivity contribution in [1.29, 1.82) is 0 Å². The summed E-state index contributed by atoms with van der Waals surface area (Å²) in [7, 11) is 0. The quantitative estimate of drug-likeness (QED) is 0.658. The molecule has 0 radical (unpaired) electrons. The second-order valence-corrected chi connectivity index (χ2v) is 7.21. The molecule has 27 heavy (non-hydrogen) atoms. The van der Waals surface area contributed by atoms with E-state index in [1.165, 1.54) is 4.90 Å². The first kappa shape index (κ1) is 21.2. The molecule has 2 atom stereocenters. The first-order valence-electron chi connectivity index (χ1n) is 9.07. The van der Waals surface area contributed by atoms with Crippen molar-refractivity contribution >= 4 is 33.7 Å². The van der Waals surface area contributed by atoms with Gasteiger partial charge in [0.05, 0.1) is 24.7 Å². The van der Waals surface area contributed by atoms with E-state index in [-0.39, 0.29) is 24.3 Å². The number of halogens is 1. The van der Waals surface area contributed by atoms with Gasteiger partial charge in [-0.3, -0.25) is 14.4 Å². The second-order valence-electron chi connectivity index (χ2n) is 6.29. The van der Waals surface area contributed by atoms with Crippen LogP contribution in [0.5, 0.6) is 5.75 Å². The zero-order valence-electron chi connectivity index (χ0n) is 15.8. The van der Waals surface area contributed by atoms with E-state index in [2.05, 4.69) is 21.2 Å². The van der Waals surface area contributed by atoms with Crippen LogP contribution < -0.4 is 10.1 Å². The Balaban J connectivity index is 2.25. The number of carbonyl (C=O) groups is 3. The van der Waals surface area contributed by atoms with Crippen LogP contribution in [0.15, 0.2) is 22.7 Å². The van der Waals surface area contributed by atoms with E-state index < -0.39 is 12.0 Å². The number of hydrogen-bond donors (Lipinski definition) is 1. The van der Waals surface area contributed by atoms with E-state index >= 15 is 0 Å². The van der Waals surface area contributed by atoms with Crippen molar-refractivity contribution in [3.8, 4) is 5.75 Å². The number of nitrogens with one attached hydrogen (secondary N) is 1. The molecule has 2 amide bonds. The normalized spacial score (nSPS) is 17.9. The number of ether oxygens (including phenoxy) is 2. The summed E-state index contributed by atoms with van der Waals surface area (Å²) in [4.78, 5) is 39.1. The molecule has 7 nitrogen and oxygen atoms in total. The summed E-state index contributed by atoms with van der Waals surface area (Å²) in [5, 5.41) is 2.71. The number of amides is 2. The van der Waals surface area contributed by atoms with Crippen molar-refractivity contribution in [2.45, 2.75) is 45.8 Å². The molecule has 1 aliphatic heterocycles. The summed E-state index contributed by atoms with van der Waals surface area (Å²) in [5.41, 5.74) is 0.348. The van der Waals surface area contributed by atoms with Gasteiger partial charge in [-0.05, 0) is 38.5 Å². The molecule has 1 N–H and O–H groups in total. The Bertz CT molecular complexity index is 709. The van der Waals surface area contributed by atoms with Crippen LogP contribution in [0.1, 0.15) is 44.0 Å². The highest BCUT2D eigenvalue weighted by atomic mass is 79.9. The Kier molecular flexibility index (Phi) is 7.65. The topological polar surface area (TPSA) is 84.9 Å². The Hall–Kier alpha value is -2.09. The minimum atomic E-state index is -0.906. The highest BCUT2D eigenvalue weighted by Gasteiger charge is 2.36. The van der Waals surface area contributed by atoms with E-state index in [0.717, 1.165) is 4.47 Å². The molecule has 0 spiro atoms. The van der Waals surface area contributed by atoms with Gasteiger partial charge in [0.15, 0.2) is 0 Å². The van der Waals surface area contributed by atoms with E-state index in [9.17, 15) is 14.4 Å². The lowest BCUT2D eigenvalue weighted by Gasteiger charge is -2.35. The largest absolute Gasteiger partial charge is 0.493 e. The summed E-state index contributed by atoms with van der Waals surface area (Å²) in [6.07, 6.45) is 0.267. The third kappa shape index (κ3) is 5.45. The molecule has 1 fully saturated rings. The highest BCUT2D eigenvalue weighted by molar-refractivity contribution is 9.10. The molecule has 1 aliphatic rings. The SMILES string of the molecule is CCOc1ccc(Br)cc1C(=O)N1CCNC(=O)C1CC(=O)OC(C)CC. The molecule has 0 aromatic heterocycles. The fourth-order valence-corrected chi connectivity index (χ4v) is 3.14. The van der Waals surface area contributed by atoms with Crippen molar-refractivity contribution in [3.05, 3.63) is 28.2 Å². The smallest absolute Gasteiger partial charge is 0.308 e. The molecule has 0 bridgehead atoms. The van der Waals surface area contributed by atoms with Crippen molar-refractivity contribution < 1.29 is 23.9 Å². The van der Waals surface area contributed by atoms with E-state index in [1.54, 1.807) is 25.1 Å². The molecular formula is C19H25BrN2O5. The first-order chi connectivity index (χ1) is 12.9. The molecular weight excluding hydrogens is 416 g/mol. The number of rotatable bonds is 7. The zero-order chi connectivity index (χ0) is 20.0. The number of carbonyl (C=O) groups excluding carboxylic acids is 3. The van der Waals surface area contributed by atoms with Gasteiger partial charge in [0.2, 0.25) is 5.91 Å². The standard InChI is InChI=1S/C19H25BrN2O5/c1-4-12(3)27-17(23)11-15-18(24)21-8-9-22(15)19(25)14-10-13(20)6-7-16(14)26-5-2/h6-7,10,12,15H,4-5,8-9,11H2,1-3H3,(H,21,24). The maximum absolute atomic E-state index is 13.2. The minimum absolute atomic E-state index is 0.181. The molecule has 1 aromatic carbocycles. The number of benzene rings is 1. The molecule has 2 unspecified atom stereocenters. The fraction of sp³-hybridized carbons (Fsp3) is 0.526. The maximum atomic E-state index is 13.2. The summed E-state index contributed by atoms with van der Waals surface area (Å²) >= 11 is 3.36. The molecule has 1 aromatic rings. The Morgan fingerprint density at radius 1 is 1.37 bits per heavy atom. The molecule has 2 rings (SSSR count). The van der Waals surface area contributed by atoms with E-state index in [4.69, 9.17) is 9.47 Å². The van der Waals surface area contributed by atoms with Gasteiger partial charge >= 0.3 is 5.97 Å². The van der Waals surface area contributed by atoms with Crippen molar-refractivity contribution in [3.63, 3.8) is 0 Å². The molecule has 0 aliphatic carbocycles. The zero-order valence-corrected chi connectivity index (χ0v) is 17.4. The lowest BCUT2D eigenvalue weighted by atomic mass is 10.1. The first-order valence-corrected chi connectivity index (χ1v) is 9.87. The number of hydrogen-bond acceptors (Lipinski definition) is 5. The van der Waals surface area contributed by atoms with Gasteiger partial charge in [-0.15, -0.1) is 0 Å². The summed E-state index contributed by atoms with van der Waals surface area (Å²) < 4.78 is 11.6. The van der Waals surface area contributed by atoms with Gasteiger partial charge in [-0.25, -0.2) is 0 Å². The Labute approximate surface area is 167 Å². The van der Waals surface area contributed by atoms with Gasteiger partial charge in [-0.2, -0.15) is 0 Å². The molecule has 1 heterocycles. The van der Waals surface area contributed by atoms with Crippen LogP contribution in [0.3, 0.4) is 0 Å². The highest BCUT2D eigenvalue weighted by Crippen LogP contribution is 2.26. The summed E-state index contributed by atoms with van der Waals surface area (Å²) in [6.45, 7) is 6.58. The average molecular weight is 441 g/mol. The average Bonchev–Trinajstić information content (AvgIpc) is 2.64. The lowest BCUT2D eigenvalue weighted by molar-refractivity contribution is -0.151. The van der Waals surface area contributed by atoms with Crippen LogP contribution in [0, 0.1) is 0 Å². The van der Waals surface area contributed by atoms with E-state index in [1.807, 2.05) is 13.8 Å². The van der Waals surface area contributed by atoms with Gasteiger partial charge in [0.1, 0.15) is 11.8 Å². The van der Waals surface area contributed by atoms with Crippen LogP contribution in [0.25, 0.3) is 0 Å². The molecule has 1 saturated heterocycles. The number of esters is 1. The van der Waals surface area contributed by atoms with Crippen molar-refractivity contribution in [2.24, 2.45) is 0 Å². The van der Waals surface area contributed by atoms with Crippen LogP contribution in [0.2, 0.25) is 0 Å². The predicted molar refractivity (Wildman–Crippen MR) is 104 cm³/mol. The number of nitrogens with zero attached hydrogens (tertiary/aromatic N) is 1. The predicted octanol–water partition coefficient (Wildman–Crippen LogP) is 2.52. The van der Waals surface area contributed by atoms with Gasteiger partial charge < -0.3 is 19.7 Å². The van der Waals surface area contributed by atoms with Gasteiger partial charge in [-0.1, -0.05) is 22.9 Å². The van der Waals surface area contributed by atoms with Crippen LogP contribution in [-0.4, -0.2) is 54.5 Å². The number of piperazine rings is 1. The fourth-order valence-electron chi connectivity index (χ4n) is 2.78. The van der Waals surface area contributed by atoms with Gasteiger partial charge in [0, 0.05) is 17.6 Å². The van der Waals surface area contributed by atoms with Crippen LogP contribution in [0.4, 0.5) is 0 Å². The maximum Gasteiger partial charge on any atom is 0.308 e. The third-order valence-corrected chi connectivity index (χ3v) is 4.82. The van der Waals surface area contributed by atoms with Gasteiger partial charge in [0.25, 0.3) is 5.91 Å². The Morgan fingerprint density at radius 2 is 2.11 bits per heavy atom. The monoisotopic (exact) mass is 440 g/mol. The third-order valence-electron chi connectivity index (χ3n) is 4.33. The molecule has 0 saturated carbocycles. The lowest BCUT2D eigenvalue weighted by Crippen LogP contribution is -2.58. The summed E-state index contributed by atoms with van der Waals surface area (Å²) in [5.74, 6) is -0.763. The summed E-state index contributed by atoms with van der Waals surface area (Å²) in [6, 6.07) is 4.24. The minimum Gasteiger partial charge on any atom is -0.493 e. The second kappa shape index (κ2) is 9.73. The van der Waals surface area contributed by atoms with Crippen molar-refractivity contribution in [2.75, 3.05) is 19.7 Å². The van der Waals surface area contributed by atoms with Crippen molar-refractivity contribution in [1.82, 2.24) is 10.2 Å². The molecule has 8 heteroatoms. The van der Waals surface area contributed by atoms with Crippen LogP contribution in [-0.2, 0) is 14.3 Å². The Morgan fingerprint density at radius 3 is 2.78 bits per heavy atom. The van der Waals surface area contributed by atoms with Crippen LogP contribution >= 0.6 is 15.9 Å². The molecule has 148 valence electrons. The van der Waals surface area contributed by atoms with E-state index in [0.29, 0.717) is 37.4 Å².